The Kier molecular flexibility index (Phi) is 5.81. The molecule has 5 heteroatoms. The quantitative estimate of drug-likeness (QED) is 0.592. The fourth-order valence-corrected chi connectivity index (χ4v) is 3.64. The van der Waals surface area contributed by atoms with Crippen LogP contribution in [-0.4, -0.2) is 0 Å². The van der Waals surface area contributed by atoms with Crippen LogP contribution < -0.4 is 14.3 Å². The molecule has 0 spiro atoms. The van der Waals surface area contributed by atoms with E-state index in [1.54, 1.807) is 6.07 Å². The van der Waals surface area contributed by atoms with Crippen molar-refractivity contribution in [2.24, 2.45) is 0 Å². The third kappa shape index (κ3) is 4.86. The molecular weight excluding hydrogens is 359 g/mol. The summed E-state index contributed by atoms with van der Waals surface area (Å²) in [5.74, 6) is 0.0765. The topological polar surface area (TPSA) is 72.4 Å². The second-order valence-corrected chi connectivity index (χ2v) is 7.68. The predicted molar refractivity (Wildman–Crippen MR) is 105 cm³/mol. The van der Waals surface area contributed by atoms with Gasteiger partial charge in [-0.25, -0.2) is 0 Å². The molecule has 2 unspecified atom stereocenters. The Morgan fingerprint density at radius 3 is 1.81 bits per heavy atom. The molecule has 0 aliphatic carbocycles. The van der Waals surface area contributed by atoms with E-state index in [-0.39, 0.29) is 20.4 Å². The largest absolute Gasteiger partial charge is 1.00 e. The average molecular weight is 382 g/mol. The van der Waals surface area contributed by atoms with Crippen molar-refractivity contribution in [3.05, 3.63) is 101 Å². The minimum atomic E-state index is -5.14. The van der Waals surface area contributed by atoms with Crippen molar-refractivity contribution in [2.45, 2.75) is 25.7 Å². The monoisotopic (exact) mass is 382 g/mol. The van der Waals surface area contributed by atoms with Gasteiger partial charge >= 0.3 is 2.85 Å². The zero-order chi connectivity index (χ0) is 19.4. The van der Waals surface area contributed by atoms with Crippen LogP contribution in [0.1, 0.15) is 50.8 Å². The van der Waals surface area contributed by atoms with Gasteiger partial charge in [0, 0.05) is 17.4 Å². The lowest BCUT2D eigenvalue weighted by Crippen LogP contribution is -2.19. The maximum absolute atomic E-state index is 11.2. The summed E-state index contributed by atoms with van der Waals surface area (Å²) in [6.45, 7) is 4.06. The normalized spacial score (nSPS) is 13.8. The van der Waals surface area contributed by atoms with Crippen molar-refractivity contribution < 1.29 is 21.7 Å². The molecule has 0 bridgehead atoms. The highest BCUT2D eigenvalue weighted by Gasteiger charge is 2.18. The Bertz CT molecular complexity index is 946. The van der Waals surface area contributed by atoms with Gasteiger partial charge in [0.15, 0.2) is 0 Å². The third-order valence-corrected chi connectivity index (χ3v) is 5.23. The summed E-state index contributed by atoms with van der Waals surface area (Å²) in [4.78, 5) is 22.4. The lowest BCUT2D eigenvalue weighted by molar-refractivity contribution is -0.333. The van der Waals surface area contributed by atoms with E-state index in [0.717, 1.165) is 16.7 Å². The van der Waals surface area contributed by atoms with Crippen molar-refractivity contribution in [1.29, 1.82) is 0 Å². The Hall–Kier alpha value is -2.39. The van der Waals surface area contributed by atoms with Crippen LogP contribution in [0, 0.1) is 0 Å². The van der Waals surface area contributed by atoms with Gasteiger partial charge in [-0.15, -0.1) is 0 Å². The molecule has 0 N–H and O–H groups in total. The van der Waals surface area contributed by atoms with Crippen LogP contribution in [0.3, 0.4) is 0 Å². The van der Waals surface area contributed by atoms with Gasteiger partial charge in [-0.2, -0.15) is 0 Å². The van der Waals surface area contributed by atoms with E-state index in [2.05, 4.69) is 19.1 Å². The van der Waals surface area contributed by atoms with Crippen LogP contribution >= 0.6 is 7.82 Å². The molecule has 3 rings (SSSR count). The first-order chi connectivity index (χ1) is 12.8. The molecule has 0 saturated carbocycles. The molecule has 0 radical (unpaired) electrons. The predicted octanol–water partition coefficient (Wildman–Crippen LogP) is 4.42. The number of rotatable bonds is 6. The van der Waals surface area contributed by atoms with Gasteiger partial charge < -0.3 is 18.9 Å². The first-order valence-electron chi connectivity index (χ1n) is 8.80. The fourth-order valence-electron chi connectivity index (χ4n) is 3.23. The first kappa shape index (κ1) is 19.4. The molecule has 0 saturated heterocycles. The standard InChI is InChI=1S/C22H23O4P/c1-16(18-9-5-3-6-10-18)20-13-14-22(26-27(23,24)25)21(15-20)17(2)19-11-7-4-8-12-19/h3-17H,1-2H3,(H2,23,24,25). The number of hydrogen-bond acceptors (Lipinski definition) is 4. The first-order valence-corrected chi connectivity index (χ1v) is 10.3. The lowest BCUT2D eigenvalue weighted by Gasteiger charge is -2.31. The second-order valence-electron chi connectivity index (χ2n) is 6.60. The minimum absolute atomic E-state index is 0. The SMILES string of the molecule is CC(c1ccccc1)c1ccc(OP(=O)([O-])[O-])c(C(C)c2ccccc2)c1.[H+].[H+]. The van der Waals surface area contributed by atoms with E-state index in [4.69, 9.17) is 4.52 Å². The van der Waals surface area contributed by atoms with Crippen molar-refractivity contribution in [3.8, 4) is 5.75 Å². The number of phosphoric ester groups is 1. The van der Waals surface area contributed by atoms with Gasteiger partial charge in [-0.05, 0) is 22.8 Å². The van der Waals surface area contributed by atoms with Crippen LogP contribution in [0.25, 0.3) is 0 Å². The van der Waals surface area contributed by atoms with Gasteiger partial charge in [-0.1, -0.05) is 86.6 Å². The highest BCUT2D eigenvalue weighted by atomic mass is 31.2. The second kappa shape index (κ2) is 8.10. The van der Waals surface area contributed by atoms with Gasteiger partial charge in [0.2, 0.25) is 0 Å². The molecule has 0 aliphatic heterocycles. The van der Waals surface area contributed by atoms with Crippen molar-refractivity contribution in [1.82, 2.24) is 0 Å². The molecule has 0 fully saturated rings. The van der Waals surface area contributed by atoms with E-state index >= 15 is 0 Å². The molecule has 0 heterocycles. The maximum atomic E-state index is 11.2. The van der Waals surface area contributed by atoms with Crippen molar-refractivity contribution in [2.75, 3.05) is 0 Å². The lowest BCUT2D eigenvalue weighted by atomic mass is 9.87. The molecule has 0 aliphatic rings. The molecule has 27 heavy (non-hydrogen) atoms. The Balaban J connectivity index is 0.00000210. The minimum Gasteiger partial charge on any atom is -0.780 e. The molecule has 0 amide bonds. The van der Waals surface area contributed by atoms with E-state index in [1.165, 1.54) is 0 Å². The highest BCUT2D eigenvalue weighted by molar-refractivity contribution is 7.43. The summed E-state index contributed by atoms with van der Waals surface area (Å²) in [6.07, 6.45) is 0. The van der Waals surface area contributed by atoms with Crippen LogP contribution in [0.4, 0.5) is 0 Å². The van der Waals surface area contributed by atoms with Crippen molar-refractivity contribution >= 4 is 7.82 Å². The van der Waals surface area contributed by atoms with E-state index in [1.807, 2.05) is 67.6 Å². The Labute approximate surface area is 162 Å². The average Bonchev–Trinajstić information content (AvgIpc) is 2.67. The summed E-state index contributed by atoms with van der Waals surface area (Å²) in [5, 5.41) is 0. The van der Waals surface area contributed by atoms with Crippen LogP contribution in [-0.2, 0) is 4.57 Å². The third-order valence-electron chi connectivity index (χ3n) is 4.81. The summed E-state index contributed by atoms with van der Waals surface area (Å²) in [7, 11) is -5.14. The van der Waals surface area contributed by atoms with Crippen molar-refractivity contribution in [3.63, 3.8) is 0 Å². The molecule has 140 valence electrons. The zero-order valence-electron chi connectivity index (χ0n) is 17.2. The molecule has 4 nitrogen and oxygen atoms in total. The smallest absolute Gasteiger partial charge is 0.780 e. The Morgan fingerprint density at radius 2 is 1.30 bits per heavy atom. The van der Waals surface area contributed by atoms with E-state index in [0.29, 0.717) is 5.56 Å². The van der Waals surface area contributed by atoms with Crippen LogP contribution in [0.15, 0.2) is 78.9 Å². The number of phosphoric acid groups is 1. The summed E-state index contributed by atoms with van der Waals surface area (Å²) >= 11 is 0. The van der Waals surface area contributed by atoms with Gasteiger partial charge in [0.05, 0.1) is 0 Å². The number of benzene rings is 3. The van der Waals surface area contributed by atoms with Gasteiger partial charge in [-0.3, -0.25) is 0 Å². The van der Waals surface area contributed by atoms with E-state index < -0.39 is 7.82 Å². The molecule has 3 aromatic carbocycles. The molecule has 2 atom stereocenters. The fraction of sp³-hybridized carbons (Fsp3) is 0.182. The maximum Gasteiger partial charge on any atom is 1.00 e. The number of hydrogen-bond donors (Lipinski definition) is 0. The van der Waals surface area contributed by atoms with Crippen LogP contribution in [0.2, 0.25) is 0 Å². The van der Waals surface area contributed by atoms with E-state index in [9.17, 15) is 14.4 Å². The Morgan fingerprint density at radius 1 is 0.778 bits per heavy atom. The molecule has 0 aromatic heterocycles. The van der Waals surface area contributed by atoms with Gasteiger partial charge in [0.1, 0.15) is 13.6 Å². The molecular formula is C22H23O4P. The summed E-state index contributed by atoms with van der Waals surface area (Å²) < 4.78 is 16.0. The van der Waals surface area contributed by atoms with Crippen LogP contribution in [0.5, 0.6) is 5.75 Å². The summed E-state index contributed by atoms with van der Waals surface area (Å²) in [5.41, 5.74) is 3.87. The zero-order valence-corrected chi connectivity index (χ0v) is 16.1. The van der Waals surface area contributed by atoms with Gasteiger partial charge in [0.25, 0.3) is 0 Å². The highest BCUT2D eigenvalue weighted by Crippen LogP contribution is 2.39. The molecule has 3 aromatic rings. The summed E-state index contributed by atoms with van der Waals surface area (Å²) in [6, 6.07) is 25.1.